The van der Waals surface area contributed by atoms with E-state index in [9.17, 15) is 8.42 Å². The van der Waals surface area contributed by atoms with Gasteiger partial charge in [0.15, 0.2) is 0 Å². The maximum Gasteiger partial charge on any atom is 0.271 e. The summed E-state index contributed by atoms with van der Waals surface area (Å²) in [5, 5.41) is 5.27. The minimum Gasteiger partial charge on any atom is -0.380 e. The molecule has 2 aromatic rings. The van der Waals surface area contributed by atoms with Gasteiger partial charge in [-0.1, -0.05) is 13.0 Å². The fourth-order valence-corrected chi connectivity index (χ4v) is 5.10. The van der Waals surface area contributed by atoms with Gasteiger partial charge in [0, 0.05) is 16.9 Å². The molecule has 0 aliphatic carbocycles. The first-order valence-corrected chi connectivity index (χ1v) is 9.62. The fraction of sp³-hybridized carbons (Fsp3) is 0.375. The monoisotopic (exact) mass is 336 g/mol. The maximum atomic E-state index is 12.3. The molecule has 22 heavy (non-hydrogen) atoms. The van der Waals surface area contributed by atoms with Crippen molar-refractivity contribution in [3.8, 4) is 0 Å². The molecule has 0 saturated carbocycles. The zero-order valence-corrected chi connectivity index (χ0v) is 14.5. The number of benzene rings is 1. The van der Waals surface area contributed by atoms with E-state index in [4.69, 9.17) is 0 Å². The number of rotatable bonds is 3. The number of hydrogen-bond acceptors (Lipinski definition) is 4. The molecule has 6 heteroatoms. The van der Waals surface area contributed by atoms with Crippen LogP contribution in [0.3, 0.4) is 0 Å². The average molecular weight is 336 g/mol. The average Bonchev–Trinajstić information content (AvgIpc) is 2.93. The fourth-order valence-electron chi connectivity index (χ4n) is 3.06. The third-order valence-corrected chi connectivity index (χ3v) is 6.66. The van der Waals surface area contributed by atoms with Crippen molar-refractivity contribution in [2.45, 2.75) is 42.9 Å². The molecule has 0 spiro atoms. The van der Waals surface area contributed by atoms with Crippen molar-refractivity contribution < 1.29 is 8.42 Å². The molecule has 0 amide bonds. The summed E-state index contributed by atoms with van der Waals surface area (Å²) in [5.74, 6) is 0.387. The summed E-state index contributed by atoms with van der Waals surface area (Å²) in [5.41, 5.74) is 2.92. The third-order valence-electron chi connectivity index (χ3n) is 3.88. The predicted octanol–water partition coefficient (Wildman–Crippen LogP) is 4.25. The molecule has 0 radical (unpaired) electrons. The number of nitrogens with one attached hydrogen (secondary N) is 2. The van der Waals surface area contributed by atoms with Gasteiger partial charge in [-0.3, -0.25) is 4.72 Å². The van der Waals surface area contributed by atoms with Crippen LogP contribution in [-0.4, -0.2) is 14.0 Å². The van der Waals surface area contributed by atoms with Crippen LogP contribution in [0.2, 0.25) is 0 Å². The quantitative estimate of drug-likeness (QED) is 0.881. The Bertz CT molecular complexity index is 780. The Labute approximate surface area is 135 Å². The molecular formula is C16H20N2O2S2. The summed E-state index contributed by atoms with van der Waals surface area (Å²) < 4.78 is 27.6. The Morgan fingerprint density at radius 2 is 2.09 bits per heavy atom. The summed E-state index contributed by atoms with van der Waals surface area (Å²) in [6, 6.07) is 9.05. The van der Waals surface area contributed by atoms with Crippen molar-refractivity contribution in [1.82, 2.24) is 0 Å². The smallest absolute Gasteiger partial charge is 0.271 e. The van der Waals surface area contributed by atoms with Gasteiger partial charge < -0.3 is 5.32 Å². The Morgan fingerprint density at radius 3 is 2.77 bits per heavy atom. The minimum absolute atomic E-state index is 0.0599. The van der Waals surface area contributed by atoms with E-state index in [0.29, 0.717) is 15.8 Å². The van der Waals surface area contributed by atoms with Crippen LogP contribution >= 0.6 is 11.3 Å². The molecule has 4 nitrogen and oxygen atoms in total. The summed E-state index contributed by atoms with van der Waals surface area (Å²) in [6.07, 6.45) is 1.02. The standard InChI is InChI=1S/C16H20N2O2S2/c1-11-10-16(2,3)17-14-7-6-12(9-13(11)14)18-22(19,20)15-5-4-8-21-15/h4-9,11,17-18H,10H2,1-3H3. The van der Waals surface area contributed by atoms with Gasteiger partial charge in [0.2, 0.25) is 0 Å². The molecule has 0 fully saturated rings. The van der Waals surface area contributed by atoms with Crippen molar-refractivity contribution in [2.75, 3.05) is 10.0 Å². The Hall–Kier alpha value is -1.53. The second-order valence-electron chi connectivity index (χ2n) is 6.45. The van der Waals surface area contributed by atoms with Crippen molar-refractivity contribution in [3.05, 3.63) is 41.3 Å². The van der Waals surface area contributed by atoms with E-state index in [2.05, 4.69) is 30.8 Å². The van der Waals surface area contributed by atoms with Crippen molar-refractivity contribution in [2.24, 2.45) is 0 Å². The molecule has 0 bridgehead atoms. The van der Waals surface area contributed by atoms with E-state index in [-0.39, 0.29) is 5.54 Å². The van der Waals surface area contributed by atoms with Crippen LogP contribution in [0.4, 0.5) is 11.4 Å². The van der Waals surface area contributed by atoms with Crippen LogP contribution < -0.4 is 10.0 Å². The van der Waals surface area contributed by atoms with Gasteiger partial charge in [0.25, 0.3) is 10.0 Å². The van der Waals surface area contributed by atoms with E-state index < -0.39 is 10.0 Å². The summed E-state index contributed by atoms with van der Waals surface area (Å²) in [6.45, 7) is 6.54. The van der Waals surface area contributed by atoms with Crippen LogP contribution in [-0.2, 0) is 10.0 Å². The molecule has 2 heterocycles. The van der Waals surface area contributed by atoms with Gasteiger partial charge in [-0.2, -0.15) is 0 Å². The van der Waals surface area contributed by atoms with E-state index in [1.165, 1.54) is 11.3 Å². The van der Waals surface area contributed by atoms with Crippen molar-refractivity contribution >= 4 is 32.7 Å². The Balaban J connectivity index is 1.91. The number of fused-ring (bicyclic) bond motifs is 1. The second-order valence-corrected chi connectivity index (χ2v) is 9.31. The van der Waals surface area contributed by atoms with Crippen LogP contribution in [0.1, 0.15) is 38.7 Å². The van der Waals surface area contributed by atoms with Crippen LogP contribution in [0.25, 0.3) is 0 Å². The molecule has 1 aromatic carbocycles. The molecule has 3 rings (SSSR count). The normalized spacial score (nSPS) is 20.0. The number of thiophene rings is 1. The van der Waals surface area contributed by atoms with E-state index in [1.54, 1.807) is 17.5 Å². The highest BCUT2D eigenvalue weighted by atomic mass is 32.2. The first-order chi connectivity index (χ1) is 10.3. The zero-order chi connectivity index (χ0) is 16.0. The van der Waals surface area contributed by atoms with Crippen molar-refractivity contribution in [3.63, 3.8) is 0 Å². The highest BCUT2D eigenvalue weighted by molar-refractivity contribution is 7.94. The third kappa shape index (κ3) is 2.98. The predicted molar refractivity (Wildman–Crippen MR) is 92.3 cm³/mol. The molecule has 0 saturated heterocycles. The van der Waals surface area contributed by atoms with E-state index in [1.807, 2.05) is 18.2 Å². The van der Waals surface area contributed by atoms with Gasteiger partial charge in [-0.25, -0.2) is 8.42 Å². The molecule has 1 aliphatic rings. The van der Waals surface area contributed by atoms with Gasteiger partial charge in [0.05, 0.1) is 0 Å². The molecule has 1 atom stereocenters. The topological polar surface area (TPSA) is 58.2 Å². The lowest BCUT2D eigenvalue weighted by Gasteiger charge is -2.37. The summed E-state index contributed by atoms with van der Waals surface area (Å²) >= 11 is 1.22. The number of anilines is 2. The minimum atomic E-state index is -3.49. The highest BCUT2D eigenvalue weighted by Crippen LogP contribution is 2.40. The summed E-state index contributed by atoms with van der Waals surface area (Å²) in [7, 11) is -3.49. The molecular weight excluding hydrogens is 316 g/mol. The SMILES string of the molecule is CC1CC(C)(C)Nc2ccc(NS(=O)(=O)c3cccs3)cc21. The molecule has 1 unspecified atom stereocenters. The van der Waals surface area contributed by atoms with Crippen LogP contribution in [0.15, 0.2) is 39.9 Å². The largest absolute Gasteiger partial charge is 0.380 e. The number of sulfonamides is 1. The lowest BCUT2D eigenvalue weighted by atomic mass is 9.82. The Kier molecular flexibility index (Phi) is 3.69. The van der Waals surface area contributed by atoms with Crippen LogP contribution in [0.5, 0.6) is 0 Å². The highest BCUT2D eigenvalue weighted by Gasteiger charge is 2.29. The summed E-state index contributed by atoms with van der Waals surface area (Å²) in [4.78, 5) is 0. The second kappa shape index (κ2) is 5.28. The first-order valence-electron chi connectivity index (χ1n) is 7.25. The van der Waals surface area contributed by atoms with Crippen LogP contribution in [0, 0.1) is 0 Å². The van der Waals surface area contributed by atoms with Gasteiger partial charge in [0.1, 0.15) is 4.21 Å². The van der Waals surface area contributed by atoms with Gasteiger partial charge in [-0.05, 0) is 61.4 Å². The zero-order valence-electron chi connectivity index (χ0n) is 12.9. The molecule has 1 aromatic heterocycles. The Morgan fingerprint density at radius 1 is 1.32 bits per heavy atom. The van der Waals surface area contributed by atoms with Crippen molar-refractivity contribution in [1.29, 1.82) is 0 Å². The number of hydrogen-bond donors (Lipinski definition) is 2. The molecule has 1 aliphatic heterocycles. The van der Waals surface area contributed by atoms with E-state index in [0.717, 1.165) is 17.7 Å². The maximum absolute atomic E-state index is 12.3. The van der Waals surface area contributed by atoms with E-state index >= 15 is 0 Å². The van der Waals surface area contributed by atoms with Gasteiger partial charge in [-0.15, -0.1) is 11.3 Å². The lowest BCUT2D eigenvalue weighted by Crippen LogP contribution is -2.36. The molecule has 2 N–H and O–H groups in total. The molecule has 118 valence electrons. The lowest BCUT2D eigenvalue weighted by molar-refractivity contribution is 0.454. The van der Waals surface area contributed by atoms with Gasteiger partial charge >= 0.3 is 0 Å². The first kappa shape index (κ1) is 15.4.